The highest BCUT2D eigenvalue weighted by atomic mass is 16.2. The smallest absolute Gasteiger partial charge is 0.251 e. The summed E-state index contributed by atoms with van der Waals surface area (Å²) < 4.78 is 0. The van der Waals surface area contributed by atoms with Gasteiger partial charge in [0.2, 0.25) is 5.91 Å². The minimum atomic E-state index is -0.659. The zero-order valence-electron chi connectivity index (χ0n) is 9.19. The third-order valence-electron chi connectivity index (χ3n) is 2.31. The highest BCUT2D eigenvalue weighted by molar-refractivity contribution is 6.06. The second-order valence-electron chi connectivity index (χ2n) is 3.51. The number of pyridine rings is 1. The summed E-state index contributed by atoms with van der Waals surface area (Å²) in [4.78, 5) is 26.5. The van der Waals surface area contributed by atoms with E-state index in [-0.39, 0.29) is 11.1 Å². The number of carbonyl (C=O) groups is 2. The molecule has 0 aliphatic heterocycles. The zero-order valence-corrected chi connectivity index (χ0v) is 9.19. The van der Waals surface area contributed by atoms with E-state index in [0.29, 0.717) is 12.1 Å². The third-order valence-corrected chi connectivity index (χ3v) is 2.31. The van der Waals surface area contributed by atoms with Gasteiger partial charge in [-0.25, -0.2) is 0 Å². The zero-order chi connectivity index (χ0) is 12.1. The Morgan fingerprint density at radius 1 is 1.31 bits per heavy atom. The molecule has 0 unspecified atom stereocenters. The first-order chi connectivity index (χ1) is 7.57. The molecule has 1 rings (SSSR count). The van der Waals surface area contributed by atoms with Crippen LogP contribution in [0.2, 0.25) is 0 Å². The molecule has 1 aromatic rings. The van der Waals surface area contributed by atoms with Gasteiger partial charge in [-0.05, 0) is 18.9 Å². The molecule has 4 N–H and O–H groups in total. The summed E-state index contributed by atoms with van der Waals surface area (Å²) in [5, 5.41) is 0. The first-order valence-electron chi connectivity index (χ1n) is 5.15. The summed E-state index contributed by atoms with van der Waals surface area (Å²) in [6.45, 7) is 2.03. The predicted molar refractivity (Wildman–Crippen MR) is 59.9 cm³/mol. The molecule has 86 valence electrons. The minimum Gasteiger partial charge on any atom is -0.366 e. The van der Waals surface area contributed by atoms with Crippen LogP contribution in [0.5, 0.6) is 0 Å². The van der Waals surface area contributed by atoms with E-state index in [1.165, 1.54) is 12.3 Å². The van der Waals surface area contributed by atoms with Crippen LogP contribution in [0.1, 0.15) is 46.2 Å². The number of amides is 2. The average Bonchev–Trinajstić information content (AvgIpc) is 2.25. The molecule has 0 aliphatic carbocycles. The van der Waals surface area contributed by atoms with Crippen LogP contribution in [0.4, 0.5) is 0 Å². The number of unbranched alkanes of at least 4 members (excludes halogenated alkanes) is 1. The van der Waals surface area contributed by atoms with Crippen LogP contribution >= 0.6 is 0 Å². The quantitative estimate of drug-likeness (QED) is 0.762. The van der Waals surface area contributed by atoms with Crippen molar-refractivity contribution >= 4 is 11.8 Å². The fourth-order valence-corrected chi connectivity index (χ4v) is 1.52. The van der Waals surface area contributed by atoms with Crippen LogP contribution in [0.15, 0.2) is 12.3 Å². The van der Waals surface area contributed by atoms with E-state index in [1.807, 2.05) is 6.92 Å². The number of aryl methyl sites for hydroxylation is 1. The van der Waals surface area contributed by atoms with Gasteiger partial charge in [0.25, 0.3) is 5.91 Å². The Balaban J connectivity index is 3.21. The second kappa shape index (κ2) is 5.25. The molecule has 0 saturated carbocycles. The van der Waals surface area contributed by atoms with E-state index in [1.54, 1.807) is 0 Å². The number of primary amides is 2. The first kappa shape index (κ1) is 12.2. The molecule has 0 radical (unpaired) electrons. The molecule has 0 bridgehead atoms. The summed E-state index contributed by atoms with van der Waals surface area (Å²) >= 11 is 0. The lowest BCUT2D eigenvalue weighted by Gasteiger charge is -2.08. The number of carbonyl (C=O) groups excluding carboxylic acids is 2. The van der Waals surface area contributed by atoms with Crippen molar-refractivity contribution in [1.29, 1.82) is 0 Å². The fraction of sp³-hybridized carbons (Fsp3) is 0.364. The van der Waals surface area contributed by atoms with Crippen LogP contribution in [0.25, 0.3) is 0 Å². The third kappa shape index (κ3) is 2.56. The Labute approximate surface area is 93.8 Å². The molecular weight excluding hydrogens is 206 g/mol. The summed E-state index contributed by atoms with van der Waals surface area (Å²) in [5.74, 6) is -1.32. The molecule has 0 aliphatic rings. The van der Waals surface area contributed by atoms with Crippen LogP contribution in [-0.2, 0) is 6.42 Å². The Morgan fingerprint density at radius 2 is 2.00 bits per heavy atom. The lowest BCUT2D eigenvalue weighted by molar-refractivity contribution is 0.0966. The molecule has 0 fully saturated rings. The molecule has 16 heavy (non-hydrogen) atoms. The number of aromatic nitrogens is 1. The Hall–Kier alpha value is -1.91. The van der Waals surface area contributed by atoms with Gasteiger partial charge >= 0.3 is 0 Å². The van der Waals surface area contributed by atoms with Crippen molar-refractivity contribution in [2.24, 2.45) is 11.5 Å². The molecular formula is C11H15N3O2. The van der Waals surface area contributed by atoms with Gasteiger partial charge in [-0.2, -0.15) is 0 Å². The van der Waals surface area contributed by atoms with Crippen LogP contribution in [-0.4, -0.2) is 16.8 Å². The average molecular weight is 221 g/mol. The second-order valence-corrected chi connectivity index (χ2v) is 3.51. The van der Waals surface area contributed by atoms with Crippen LogP contribution < -0.4 is 11.5 Å². The normalized spacial score (nSPS) is 10.1. The molecule has 5 nitrogen and oxygen atoms in total. The first-order valence-corrected chi connectivity index (χ1v) is 5.15. The summed E-state index contributed by atoms with van der Waals surface area (Å²) in [5.41, 5.74) is 11.3. The lowest BCUT2D eigenvalue weighted by atomic mass is 10.0. The van der Waals surface area contributed by atoms with Crippen molar-refractivity contribution in [2.45, 2.75) is 26.2 Å². The lowest BCUT2D eigenvalue weighted by Crippen LogP contribution is -2.23. The Kier molecular flexibility index (Phi) is 3.99. The van der Waals surface area contributed by atoms with Gasteiger partial charge in [0.15, 0.2) is 0 Å². The van der Waals surface area contributed by atoms with Crippen molar-refractivity contribution in [2.75, 3.05) is 0 Å². The summed E-state index contributed by atoms with van der Waals surface area (Å²) in [6, 6.07) is 1.41. The van der Waals surface area contributed by atoms with Gasteiger partial charge in [0, 0.05) is 6.20 Å². The molecule has 2 amide bonds. The van der Waals surface area contributed by atoms with Gasteiger partial charge in [0.05, 0.1) is 16.8 Å². The molecule has 1 aromatic heterocycles. The summed E-state index contributed by atoms with van der Waals surface area (Å²) in [7, 11) is 0. The number of nitrogens with zero attached hydrogens (tertiary/aromatic N) is 1. The molecule has 0 atom stereocenters. The van der Waals surface area contributed by atoms with E-state index in [0.717, 1.165) is 12.8 Å². The van der Waals surface area contributed by atoms with E-state index >= 15 is 0 Å². The van der Waals surface area contributed by atoms with Crippen molar-refractivity contribution < 1.29 is 9.59 Å². The maximum absolute atomic E-state index is 11.3. The minimum absolute atomic E-state index is 0.147. The van der Waals surface area contributed by atoms with Gasteiger partial charge in [-0.3, -0.25) is 14.6 Å². The number of nitrogens with two attached hydrogens (primary N) is 2. The van der Waals surface area contributed by atoms with Gasteiger partial charge in [0.1, 0.15) is 0 Å². The number of hydrogen-bond acceptors (Lipinski definition) is 3. The Bertz CT molecular complexity index is 416. The van der Waals surface area contributed by atoms with Gasteiger partial charge in [-0.1, -0.05) is 13.3 Å². The molecule has 1 heterocycles. The van der Waals surface area contributed by atoms with Gasteiger partial charge < -0.3 is 11.5 Å². The number of rotatable bonds is 5. The summed E-state index contributed by atoms with van der Waals surface area (Å²) in [6.07, 6.45) is 3.95. The van der Waals surface area contributed by atoms with E-state index in [4.69, 9.17) is 11.5 Å². The van der Waals surface area contributed by atoms with Gasteiger partial charge in [-0.15, -0.1) is 0 Å². The highest BCUT2D eigenvalue weighted by Gasteiger charge is 2.17. The van der Waals surface area contributed by atoms with Crippen molar-refractivity contribution in [3.05, 3.63) is 29.1 Å². The van der Waals surface area contributed by atoms with Crippen molar-refractivity contribution in [3.63, 3.8) is 0 Å². The largest absolute Gasteiger partial charge is 0.366 e. The van der Waals surface area contributed by atoms with E-state index in [9.17, 15) is 9.59 Å². The van der Waals surface area contributed by atoms with Crippen LogP contribution in [0, 0.1) is 0 Å². The Morgan fingerprint density at radius 3 is 2.50 bits per heavy atom. The van der Waals surface area contributed by atoms with Crippen molar-refractivity contribution in [1.82, 2.24) is 4.98 Å². The number of hydrogen-bond donors (Lipinski definition) is 2. The predicted octanol–water partition coefficient (Wildman–Crippen LogP) is 0.622. The maximum atomic E-state index is 11.3. The SMILES string of the molecule is CCCCc1nccc(C(N)=O)c1C(N)=O. The maximum Gasteiger partial charge on any atom is 0.251 e. The highest BCUT2D eigenvalue weighted by Crippen LogP contribution is 2.14. The standard InChI is InChI=1S/C11H15N3O2/c1-2-3-4-8-9(11(13)16)7(10(12)15)5-6-14-8/h5-6H,2-4H2,1H3,(H2,12,15)(H2,13,16). The van der Waals surface area contributed by atoms with E-state index in [2.05, 4.69) is 4.98 Å². The molecule has 5 heteroatoms. The molecule has 0 spiro atoms. The monoisotopic (exact) mass is 221 g/mol. The van der Waals surface area contributed by atoms with E-state index < -0.39 is 11.8 Å². The topological polar surface area (TPSA) is 99.1 Å². The molecule has 0 aromatic carbocycles. The van der Waals surface area contributed by atoms with Crippen LogP contribution in [0.3, 0.4) is 0 Å². The fourth-order valence-electron chi connectivity index (χ4n) is 1.52. The van der Waals surface area contributed by atoms with Crippen molar-refractivity contribution in [3.8, 4) is 0 Å². The molecule has 0 saturated heterocycles.